The zero-order valence-corrected chi connectivity index (χ0v) is 12.0. The molecule has 2 aliphatic heterocycles. The fourth-order valence-corrected chi connectivity index (χ4v) is 2.95. The summed E-state index contributed by atoms with van der Waals surface area (Å²) in [7, 11) is 1.56. The monoisotopic (exact) mass is 291 g/mol. The lowest BCUT2D eigenvalue weighted by Gasteiger charge is -2.27. The Hall–Kier alpha value is -1.92. The number of carbonyl (C=O) groups excluding carboxylic acids is 2. The van der Waals surface area contributed by atoms with E-state index < -0.39 is 0 Å². The third-order valence-corrected chi connectivity index (χ3v) is 4.09. The number of morpholine rings is 1. The number of rotatable bonds is 3. The van der Waals surface area contributed by atoms with Crippen molar-refractivity contribution in [2.45, 2.75) is 12.5 Å². The van der Waals surface area contributed by atoms with E-state index in [0.717, 1.165) is 18.0 Å². The van der Waals surface area contributed by atoms with Gasteiger partial charge >= 0.3 is 0 Å². The highest BCUT2D eigenvalue weighted by Crippen LogP contribution is 2.25. The summed E-state index contributed by atoms with van der Waals surface area (Å²) in [6, 6.07) is 6.76. The van der Waals surface area contributed by atoms with Crippen LogP contribution in [0.1, 0.15) is 6.42 Å². The van der Waals surface area contributed by atoms with Crippen LogP contribution in [-0.2, 0) is 14.3 Å². The molecular formula is C15H19N2O4+. The summed E-state index contributed by atoms with van der Waals surface area (Å²) in [5.74, 6) is 0.373. The van der Waals surface area contributed by atoms with E-state index >= 15 is 0 Å². The summed E-state index contributed by atoms with van der Waals surface area (Å²) in [6.07, 6.45) is 0.269. The standard InChI is InChI=1S/C15H18N2O4/c1-20-12-4-2-3-11(9-12)17-14(18)10-13(15(17)19)16-5-7-21-8-6-16/h2-4,9,13H,5-8,10H2,1H3/p+1/t13-/m1/s1. The van der Waals surface area contributed by atoms with Gasteiger partial charge in [0.1, 0.15) is 18.8 Å². The molecule has 2 aliphatic rings. The van der Waals surface area contributed by atoms with Crippen molar-refractivity contribution in [3.05, 3.63) is 24.3 Å². The van der Waals surface area contributed by atoms with Gasteiger partial charge in [0.05, 0.1) is 32.4 Å². The van der Waals surface area contributed by atoms with Crippen molar-refractivity contribution < 1.29 is 24.0 Å². The first-order valence-corrected chi connectivity index (χ1v) is 7.14. The van der Waals surface area contributed by atoms with E-state index in [-0.39, 0.29) is 24.3 Å². The first-order chi connectivity index (χ1) is 10.2. The zero-order valence-electron chi connectivity index (χ0n) is 12.0. The molecule has 3 rings (SSSR count). The highest BCUT2D eigenvalue weighted by Gasteiger charge is 2.46. The number of anilines is 1. The molecule has 2 heterocycles. The van der Waals surface area contributed by atoms with E-state index in [0.29, 0.717) is 24.7 Å². The number of imide groups is 1. The summed E-state index contributed by atoms with van der Waals surface area (Å²) in [4.78, 5) is 27.3. The molecule has 0 bridgehead atoms. The van der Waals surface area contributed by atoms with Crippen molar-refractivity contribution in [2.24, 2.45) is 0 Å². The molecule has 21 heavy (non-hydrogen) atoms. The van der Waals surface area contributed by atoms with E-state index in [1.54, 1.807) is 31.4 Å². The van der Waals surface area contributed by atoms with Crippen LogP contribution in [0.4, 0.5) is 5.69 Å². The fraction of sp³-hybridized carbons (Fsp3) is 0.467. The van der Waals surface area contributed by atoms with Gasteiger partial charge in [-0.2, -0.15) is 0 Å². The summed E-state index contributed by atoms with van der Waals surface area (Å²) >= 11 is 0. The summed E-state index contributed by atoms with van der Waals surface area (Å²) in [6.45, 7) is 2.84. The number of ether oxygens (including phenoxy) is 2. The Bertz CT molecular complexity index is 554. The van der Waals surface area contributed by atoms with Gasteiger partial charge in [0.15, 0.2) is 6.04 Å². The Morgan fingerprint density at radius 3 is 2.76 bits per heavy atom. The number of carbonyl (C=O) groups is 2. The first kappa shape index (κ1) is 14.0. The SMILES string of the molecule is COc1cccc(N2C(=O)C[C@@H]([NH+]3CCOCC3)C2=O)c1. The minimum atomic E-state index is -0.285. The van der Waals surface area contributed by atoms with E-state index in [9.17, 15) is 9.59 Å². The Labute approximate surface area is 123 Å². The van der Waals surface area contributed by atoms with Crippen LogP contribution in [0.5, 0.6) is 5.75 Å². The summed E-state index contributed by atoms with van der Waals surface area (Å²) < 4.78 is 10.5. The van der Waals surface area contributed by atoms with Gasteiger partial charge in [0.2, 0.25) is 5.91 Å². The van der Waals surface area contributed by atoms with Crippen molar-refractivity contribution in [3.8, 4) is 5.75 Å². The van der Waals surface area contributed by atoms with Gasteiger partial charge in [-0.3, -0.25) is 9.59 Å². The second-order valence-corrected chi connectivity index (χ2v) is 5.30. The minimum absolute atomic E-state index is 0.120. The maximum Gasteiger partial charge on any atom is 0.292 e. The van der Waals surface area contributed by atoms with Crippen LogP contribution in [0.2, 0.25) is 0 Å². The van der Waals surface area contributed by atoms with E-state index in [1.165, 1.54) is 4.90 Å². The van der Waals surface area contributed by atoms with Crippen molar-refractivity contribution in [1.82, 2.24) is 0 Å². The Balaban J connectivity index is 1.82. The molecule has 2 saturated heterocycles. The number of hydrogen-bond donors (Lipinski definition) is 1. The fourth-order valence-electron chi connectivity index (χ4n) is 2.95. The lowest BCUT2D eigenvalue weighted by atomic mass is 10.2. The predicted octanol–water partition coefficient (Wildman–Crippen LogP) is -0.758. The van der Waals surface area contributed by atoms with Gasteiger partial charge < -0.3 is 14.4 Å². The van der Waals surface area contributed by atoms with Gasteiger partial charge in [-0.1, -0.05) is 6.07 Å². The van der Waals surface area contributed by atoms with Crippen LogP contribution in [0.15, 0.2) is 24.3 Å². The highest BCUT2D eigenvalue weighted by atomic mass is 16.5. The molecule has 0 spiro atoms. The molecule has 1 aromatic carbocycles. The lowest BCUT2D eigenvalue weighted by molar-refractivity contribution is -0.922. The third-order valence-electron chi connectivity index (χ3n) is 4.09. The molecule has 2 fully saturated rings. The molecule has 2 amide bonds. The third kappa shape index (κ3) is 2.64. The lowest BCUT2D eigenvalue weighted by Crippen LogP contribution is -3.18. The Morgan fingerprint density at radius 2 is 2.05 bits per heavy atom. The average molecular weight is 291 g/mol. The van der Waals surface area contributed by atoms with Crippen molar-refractivity contribution in [1.29, 1.82) is 0 Å². The number of amides is 2. The molecule has 0 saturated carbocycles. The molecular weight excluding hydrogens is 272 g/mol. The quantitative estimate of drug-likeness (QED) is 0.744. The number of quaternary nitrogens is 1. The Morgan fingerprint density at radius 1 is 1.29 bits per heavy atom. The number of nitrogens with zero attached hydrogens (tertiary/aromatic N) is 1. The summed E-state index contributed by atoms with van der Waals surface area (Å²) in [5.41, 5.74) is 0.583. The van der Waals surface area contributed by atoms with Gasteiger partial charge in [-0.15, -0.1) is 0 Å². The molecule has 1 aromatic rings. The highest BCUT2D eigenvalue weighted by molar-refractivity contribution is 6.21. The van der Waals surface area contributed by atoms with Crippen LogP contribution in [0, 0.1) is 0 Å². The van der Waals surface area contributed by atoms with Gasteiger partial charge in [-0.05, 0) is 12.1 Å². The first-order valence-electron chi connectivity index (χ1n) is 7.14. The van der Waals surface area contributed by atoms with E-state index in [2.05, 4.69) is 0 Å². The minimum Gasteiger partial charge on any atom is -0.497 e. The smallest absolute Gasteiger partial charge is 0.292 e. The molecule has 112 valence electrons. The molecule has 6 heteroatoms. The molecule has 0 unspecified atom stereocenters. The predicted molar refractivity (Wildman–Crippen MR) is 75.4 cm³/mol. The van der Waals surface area contributed by atoms with Crippen LogP contribution in [0.3, 0.4) is 0 Å². The number of benzene rings is 1. The molecule has 0 aromatic heterocycles. The Kier molecular flexibility index (Phi) is 3.90. The van der Waals surface area contributed by atoms with Crippen LogP contribution < -0.4 is 14.5 Å². The molecule has 0 aliphatic carbocycles. The van der Waals surface area contributed by atoms with Crippen molar-refractivity contribution in [2.75, 3.05) is 38.3 Å². The summed E-state index contributed by atoms with van der Waals surface area (Å²) in [5, 5.41) is 0. The van der Waals surface area contributed by atoms with E-state index in [1.807, 2.05) is 0 Å². The van der Waals surface area contributed by atoms with Gasteiger partial charge in [0.25, 0.3) is 5.91 Å². The molecule has 1 atom stereocenters. The average Bonchev–Trinajstić information content (AvgIpc) is 2.83. The van der Waals surface area contributed by atoms with Gasteiger partial charge in [-0.25, -0.2) is 4.90 Å². The topological polar surface area (TPSA) is 60.3 Å². The maximum atomic E-state index is 12.6. The molecule has 6 nitrogen and oxygen atoms in total. The van der Waals surface area contributed by atoms with E-state index in [4.69, 9.17) is 9.47 Å². The largest absolute Gasteiger partial charge is 0.497 e. The maximum absolute atomic E-state index is 12.6. The van der Waals surface area contributed by atoms with Crippen LogP contribution in [0.25, 0.3) is 0 Å². The van der Waals surface area contributed by atoms with Gasteiger partial charge in [0, 0.05) is 6.07 Å². The second-order valence-electron chi connectivity index (χ2n) is 5.30. The zero-order chi connectivity index (χ0) is 14.8. The van der Waals surface area contributed by atoms with Crippen LogP contribution >= 0.6 is 0 Å². The molecule has 1 N–H and O–H groups in total. The normalized spacial score (nSPS) is 23.7. The second kappa shape index (κ2) is 5.83. The van der Waals surface area contributed by atoms with Crippen molar-refractivity contribution in [3.63, 3.8) is 0 Å². The number of methoxy groups -OCH3 is 1. The van der Waals surface area contributed by atoms with Crippen molar-refractivity contribution >= 4 is 17.5 Å². The number of nitrogens with one attached hydrogen (secondary N) is 1. The molecule has 0 radical (unpaired) electrons. The number of hydrogen-bond acceptors (Lipinski definition) is 4. The van der Waals surface area contributed by atoms with Crippen LogP contribution in [-0.4, -0.2) is 51.3 Å².